The molecule has 1 atom stereocenters. The lowest BCUT2D eigenvalue weighted by Crippen LogP contribution is -2.46. The van der Waals surface area contributed by atoms with Gasteiger partial charge in [0.25, 0.3) is 0 Å². The summed E-state index contributed by atoms with van der Waals surface area (Å²) in [6, 6.07) is 0. The summed E-state index contributed by atoms with van der Waals surface area (Å²) in [6.07, 6.45) is 4.87. The highest BCUT2D eigenvalue weighted by atomic mass is 16.7. The molecule has 0 aromatic heterocycles. The van der Waals surface area contributed by atoms with Gasteiger partial charge in [-0.15, -0.1) is 0 Å². The Morgan fingerprint density at radius 3 is 2.10 bits per heavy atom. The van der Waals surface area contributed by atoms with Gasteiger partial charge in [0.2, 0.25) is 0 Å². The second-order valence-corrected chi connectivity index (χ2v) is 6.09. The second kappa shape index (κ2) is 13.5. The van der Waals surface area contributed by atoms with Gasteiger partial charge in [-0.2, -0.15) is 4.65 Å². The molecule has 0 bridgehead atoms. The maximum absolute atomic E-state index is 5.95. The van der Waals surface area contributed by atoms with E-state index < -0.39 is 0 Å². The lowest BCUT2D eigenvalue weighted by Gasteiger charge is -2.31. The van der Waals surface area contributed by atoms with Crippen molar-refractivity contribution >= 4 is 0 Å². The highest BCUT2D eigenvalue weighted by molar-refractivity contribution is 4.53. The number of rotatable bonds is 15. The Bertz CT molecular complexity index is 228. The minimum Gasteiger partial charge on any atom is -0.320 e. The first kappa shape index (κ1) is 20.8. The van der Waals surface area contributed by atoms with Crippen LogP contribution in [0.3, 0.4) is 0 Å². The van der Waals surface area contributed by atoms with E-state index in [-0.39, 0.29) is 0 Å². The third-order valence-corrected chi connectivity index (χ3v) is 3.89. The van der Waals surface area contributed by atoms with Crippen molar-refractivity contribution in [3.05, 3.63) is 0 Å². The van der Waals surface area contributed by atoms with Crippen LogP contribution in [0.15, 0.2) is 0 Å². The molecule has 2 N–H and O–H groups in total. The fourth-order valence-electron chi connectivity index (χ4n) is 2.61. The highest BCUT2D eigenvalue weighted by Crippen LogP contribution is 2.09. The van der Waals surface area contributed by atoms with Gasteiger partial charge in [0.1, 0.15) is 19.7 Å². The van der Waals surface area contributed by atoms with Crippen molar-refractivity contribution in [3.8, 4) is 0 Å². The third-order valence-electron chi connectivity index (χ3n) is 3.89. The van der Waals surface area contributed by atoms with Gasteiger partial charge in [-0.05, 0) is 60.5 Å². The lowest BCUT2D eigenvalue weighted by molar-refractivity contribution is -1.09. The molecular weight excluding hydrogens is 264 g/mol. The van der Waals surface area contributed by atoms with Crippen LogP contribution >= 0.6 is 0 Å². The van der Waals surface area contributed by atoms with Gasteiger partial charge in [0.15, 0.2) is 0 Å². The summed E-state index contributed by atoms with van der Waals surface area (Å²) < 4.78 is 0.752. The van der Waals surface area contributed by atoms with Crippen molar-refractivity contribution in [2.75, 3.05) is 74.1 Å². The molecule has 0 radical (unpaired) electrons. The van der Waals surface area contributed by atoms with Crippen LogP contribution in [0, 0.1) is 0 Å². The minimum atomic E-state index is 0.752. The van der Waals surface area contributed by atoms with E-state index in [0.29, 0.717) is 0 Å². The second-order valence-electron chi connectivity index (χ2n) is 6.09. The Hall–Kier alpha value is -0.200. The molecule has 21 heavy (non-hydrogen) atoms. The van der Waals surface area contributed by atoms with E-state index in [2.05, 4.69) is 36.6 Å². The van der Waals surface area contributed by atoms with Gasteiger partial charge in [-0.3, -0.25) is 0 Å². The molecule has 0 fully saturated rings. The van der Waals surface area contributed by atoms with Crippen LogP contribution in [-0.2, 0) is 4.84 Å². The fraction of sp³-hybridized carbons (Fsp3) is 1.00. The largest absolute Gasteiger partial charge is 0.320 e. The van der Waals surface area contributed by atoms with Crippen LogP contribution in [0.5, 0.6) is 0 Å². The molecular formula is C16H39N4O+. The van der Waals surface area contributed by atoms with Crippen LogP contribution < -0.4 is 10.6 Å². The summed E-state index contributed by atoms with van der Waals surface area (Å²) in [4.78, 5) is 8.38. The van der Waals surface area contributed by atoms with Gasteiger partial charge in [0.05, 0.1) is 7.05 Å². The van der Waals surface area contributed by atoms with Crippen molar-refractivity contribution in [1.82, 2.24) is 15.5 Å². The first-order chi connectivity index (χ1) is 10.1. The minimum absolute atomic E-state index is 0.752. The summed E-state index contributed by atoms with van der Waals surface area (Å²) in [6.45, 7) is 9.62. The molecule has 0 rings (SSSR count). The molecule has 0 aliphatic rings. The van der Waals surface area contributed by atoms with Gasteiger partial charge in [-0.1, -0.05) is 0 Å². The number of quaternary nitrogens is 1. The van der Waals surface area contributed by atoms with E-state index in [9.17, 15) is 0 Å². The van der Waals surface area contributed by atoms with Gasteiger partial charge < -0.3 is 15.5 Å². The van der Waals surface area contributed by atoms with E-state index in [1.54, 1.807) is 0 Å². The zero-order valence-electron chi connectivity index (χ0n) is 15.1. The average molecular weight is 304 g/mol. The van der Waals surface area contributed by atoms with E-state index in [1.807, 2.05) is 14.1 Å². The smallest absolute Gasteiger partial charge is 0.110 e. The quantitative estimate of drug-likeness (QED) is 0.272. The first-order valence-corrected chi connectivity index (χ1v) is 8.54. The monoisotopic (exact) mass is 303 g/mol. The number of nitrogens with zero attached hydrogens (tertiary/aromatic N) is 2. The average Bonchev–Trinajstić information content (AvgIpc) is 2.45. The Morgan fingerprint density at radius 1 is 0.905 bits per heavy atom. The van der Waals surface area contributed by atoms with Crippen LogP contribution in [0.1, 0.15) is 32.6 Å². The molecule has 0 aliphatic carbocycles. The summed E-state index contributed by atoms with van der Waals surface area (Å²) in [5.74, 6) is 0. The fourth-order valence-corrected chi connectivity index (χ4v) is 2.61. The molecule has 0 saturated carbocycles. The number of nitrogens with one attached hydrogen (secondary N) is 2. The molecule has 128 valence electrons. The van der Waals surface area contributed by atoms with Crippen LogP contribution in [0.2, 0.25) is 0 Å². The summed E-state index contributed by atoms with van der Waals surface area (Å²) in [5, 5.41) is 6.41. The maximum atomic E-state index is 5.95. The topological polar surface area (TPSA) is 36.5 Å². The van der Waals surface area contributed by atoms with E-state index in [1.165, 1.54) is 32.4 Å². The SMILES string of the molecule is CCO[N+](C)(CCCCN(C)CCCNC)CCCNC. The van der Waals surface area contributed by atoms with Crippen molar-refractivity contribution in [2.24, 2.45) is 0 Å². The molecule has 5 heteroatoms. The molecule has 0 aromatic rings. The van der Waals surface area contributed by atoms with Gasteiger partial charge >= 0.3 is 0 Å². The summed E-state index contributed by atoms with van der Waals surface area (Å²) in [7, 11) is 8.46. The Kier molecular flexibility index (Phi) is 13.3. The number of hydroxylamine groups is 3. The third kappa shape index (κ3) is 12.1. The van der Waals surface area contributed by atoms with Gasteiger partial charge in [0, 0.05) is 19.4 Å². The van der Waals surface area contributed by atoms with E-state index in [0.717, 1.165) is 43.9 Å². The predicted molar refractivity (Wildman–Crippen MR) is 91.4 cm³/mol. The molecule has 0 amide bonds. The van der Waals surface area contributed by atoms with Crippen molar-refractivity contribution in [3.63, 3.8) is 0 Å². The highest BCUT2D eigenvalue weighted by Gasteiger charge is 2.21. The molecule has 5 nitrogen and oxygen atoms in total. The Labute approximate surface area is 132 Å². The molecule has 0 saturated heterocycles. The standard InChI is InChI=1S/C16H39N4O/c1-6-21-20(5,16-10-12-18-3)15-8-7-13-19(4)14-9-11-17-2/h17-18H,6-16H2,1-5H3/q+1. The van der Waals surface area contributed by atoms with Crippen molar-refractivity contribution < 1.29 is 9.48 Å². The summed E-state index contributed by atoms with van der Waals surface area (Å²) >= 11 is 0. The number of hydrogen-bond donors (Lipinski definition) is 2. The van der Waals surface area contributed by atoms with Gasteiger partial charge in [-0.25, -0.2) is 4.84 Å². The molecule has 1 unspecified atom stereocenters. The van der Waals surface area contributed by atoms with Crippen molar-refractivity contribution in [2.45, 2.75) is 32.6 Å². The lowest BCUT2D eigenvalue weighted by atomic mass is 10.2. The number of unbranched alkanes of at least 4 members (excludes halogenated alkanes) is 1. The van der Waals surface area contributed by atoms with Crippen LogP contribution in [-0.4, -0.2) is 83.6 Å². The first-order valence-electron chi connectivity index (χ1n) is 8.54. The Balaban J connectivity index is 3.81. The normalized spacial score (nSPS) is 14.6. The maximum Gasteiger partial charge on any atom is 0.110 e. The Morgan fingerprint density at radius 2 is 1.48 bits per heavy atom. The van der Waals surface area contributed by atoms with E-state index in [4.69, 9.17) is 4.84 Å². The molecule has 0 aliphatic heterocycles. The zero-order valence-corrected chi connectivity index (χ0v) is 15.1. The van der Waals surface area contributed by atoms with Crippen LogP contribution in [0.25, 0.3) is 0 Å². The van der Waals surface area contributed by atoms with Crippen molar-refractivity contribution in [1.29, 1.82) is 0 Å². The zero-order chi connectivity index (χ0) is 16.0. The molecule has 0 heterocycles. The predicted octanol–water partition coefficient (Wildman–Crippen LogP) is 1.32. The summed E-state index contributed by atoms with van der Waals surface area (Å²) in [5.41, 5.74) is 0. The van der Waals surface area contributed by atoms with E-state index >= 15 is 0 Å². The molecule has 0 aromatic carbocycles. The molecule has 0 spiro atoms. The van der Waals surface area contributed by atoms with Crippen LogP contribution in [0.4, 0.5) is 0 Å². The number of hydrogen-bond acceptors (Lipinski definition) is 4.